The maximum atomic E-state index is 6.31. The Morgan fingerprint density at radius 2 is 1.17 bits per heavy atom. The van der Waals surface area contributed by atoms with E-state index in [0.717, 1.165) is 97.0 Å². The average Bonchev–Trinajstić information content (AvgIpc) is 3.91. The van der Waals surface area contributed by atoms with Gasteiger partial charge in [0.1, 0.15) is 23.0 Å². The molecule has 9 heteroatoms. The van der Waals surface area contributed by atoms with Crippen molar-refractivity contribution in [3.05, 3.63) is 119 Å². The summed E-state index contributed by atoms with van der Waals surface area (Å²) in [5, 5.41) is 18.4. The molecule has 0 radical (unpaired) electrons. The van der Waals surface area contributed by atoms with Crippen LogP contribution in [0.5, 0.6) is 0 Å². The van der Waals surface area contributed by atoms with Gasteiger partial charge in [0, 0.05) is 48.2 Å². The van der Waals surface area contributed by atoms with Crippen molar-refractivity contribution < 1.29 is 8.83 Å². The largest absolute Gasteiger partial charge is 0.461 e. The minimum Gasteiger partial charge on any atom is -0.461 e. The fourth-order valence-electron chi connectivity index (χ4n) is 7.17. The first-order chi connectivity index (χ1) is 22.7. The topological polar surface area (TPSA) is 90.9 Å². The molecule has 0 N–H and O–H groups in total. The summed E-state index contributed by atoms with van der Waals surface area (Å²) >= 11 is 0. The van der Waals surface area contributed by atoms with E-state index in [2.05, 4.69) is 81.2 Å². The van der Waals surface area contributed by atoms with Gasteiger partial charge in [-0.25, -0.2) is 9.36 Å². The Kier molecular flexibility index (Phi) is 7.83. The smallest absolute Gasteiger partial charge is 0.134 e. The molecular formula is C37H39N7O2. The van der Waals surface area contributed by atoms with Crippen LogP contribution in [0.4, 0.5) is 0 Å². The van der Waals surface area contributed by atoms with Gasteiger partial charge in [0.15, 0.2) is 0 Å². The molecule has 2 aromatic carbocycles. The summed E-state index contributed by atoms with van der Waals surface area (Å²) in [7, 11) is 0. The average molecular weight is 614 g/mol. The third kappa shape index (κ3) is 5.71. The Morgan fingerprint density at radius 3 is 1.63 bits per heavy atom. The number of nitrogens with zero attached hydrogens (tertiary/aromatic N) is 7. The van der Waals surface area contributed by atoms with E-state index in [4.69, 9.17) is 8.83 Å². The summed E-state index contributed by atoms with van der Waals surface area (Å²) in [5.41, 5.74) is 6.58. The zero-order valence-electron chi connectivity index (χ0n) is 26.3. The molecule has 4 aromatic heterocycles. The lowest BCUT2D eigenvalue weighted by Gasteiger charge is -2.21. The number of rotatable bonds is 10. The van der Waals surface area contributed by atoms with Crippen LogP contribution >= 0.6 is 0 Å². The van der Waals surface area contributed by atoms with Gasteiger partial charge in [-0.3, -0.25) is 4.90 Å². The first-order valence-corrected chi connectivity index (χ1v) is 16.6. The van der Waals surface area contributed by atoms with E-state index in [9.17, 15) is 0 Å². The maximum absolute atomic E-state index is 6.31. The second-order valence-corrected chi connectivity index (χ2v) is 12.6. The molecule has 234 valence electrons. The van der Waals surface area contributed by atoms with Crippen LogP contribution in [-0.2, 0) is 25.9 Å². The van der Waals surface area contributed by atoms with Gasteiger partial charge >= 0.3 is 0 Å². The highest BCUT2D eigenvalue weighted by Gasteiger charge is 2.29. The van der Waals surface area contributed by atoms with E-state index in [1.165, 1.54) is 11.1 Å². The molecule has 4 heterocycles. The van der Waals surface area contributed by atoms with Crippen LogP contribution in [0.25, 0.3) is 22.6 Å². The lowest BCUT2D eigenvalue weighted by molar-refractivity contribution is 0.251. The molecule has 0 saturated carbocycles. The van der Waals surface area contributed by atoms with Crippen molar-refractivity contribution in [3.63, 3.8) is 0 Å². The van der Waals surface area contributed by atoms with E-state index < -0.39 is 0 Å². The highest BCUT2D eigenvalue weighted by atomic mass is 16.3. The van der Waals surface area contributed by atoms with Gasteiger partial charge in [0.2, 0.25) is 0 Å². The first-order valence-electron chi connectivity index (χ1n) is 16.6. The van der Waals surface area contributed by atoms with E-state index in [-0.39, 0.29) is 12.1 Å². The van der Waals surface area contributed by atoms with Crippen LogP contribution in [0, 0.1) is 0 Å². The quantitative estimate of drug-likeness (QED) is 0.157. The Bertz CT molecular complexity index is 1770. The third-order valence-corrected chi connectivity index (χ3v) is 9.35. The molecule has 0 saturated heterocycles. The first kappa shape index (κ1) is 28.7. The Morgan fingerprint density at radius 1 is 0.696 bits per heavy atom. The molecular weight excluding hydrogens is 574 g/mol. The molecule has 2 aliphatic carbocycles. The summed E-state index contributed by atoms with van der Waals surface area (Å²) < 4.78 is 16.7. The highest BCUT2D eigenvalue weighted by molar-refractivity contribution is 5.60. The number of aromatic nitrogens is 6. The third-order valence-electron chi connectivity index (χ3n) is 9.35. The molecule has 0 fully saturated rings. The fraction of sp³-hybridized carbons (Fsp3) is 0.351. The van der Waals surface area contributed by atoms with Crippen molar-refractivity contribution >= 4 is 0 Å². The van der Waals surface area contributed by atoms with Crippen molar-refractivity contribution in [2.24, 2.45) is 0 Å². The van der Waals surface area contributed by atoms with Crippen molar-refractivity contribution in [1.29, 1.82) is 0 Å². The lowest BCUT2D eigenvalue weighted by Crippen LogP contribution is -2.24. The lowest BCUT2D eigenvalue weighted by atomic mass is 9.93. The van der Waals surface area contributed by atoms with Gasteiger partial charge in [-0.05, 0) is 50.8 Å². The van der Waals surface area contributed by atoms with E-state index in [1.807, 2.05) is 45.8 Å². The molecule has 2 aliphatic rings. The predicted octanol–water partition coefficient (Wildman–Crippen LogP) is 7.65. The molecule has 0 aliphatic heterocycles. The number of furan rings is 2. The van der Waals surface area contributed by atoms with E-state index >= 15 is 0 Å². The van der Waals surface area contributed by atoms with Gasteiger partial charge in [-0.15, -0.1) is 10.2 Å². The SMILES string of the molecule is CCCN(Cc1cn(C2CCCc3oc(-c4ccccc4)cc32)nn1)Cc1cn(C2CCCc3oc(-c4ccccc4)cc32)nn1. The maximum Gasteiger partial charge on any atom is 0.134 e. The van der Waals surface area contributed by atoms with Gasteiger partial charge < -0.3 is 8.83 Å². The van der Waals surface area contributed by atoms with E-state index in [0.29, 0.717) is 13.1 Å². The molecule has 0 amide bonds. The molecule has 8 rings (SSSR count). The van der Waals surface area contributed by atoms with Gasteiger partial charge in [-0.2, -0.15) is 0 Å². The number of hydrogen-bond donors (Lipinski definition) is 0. The zero-order chi connectivity index (χ0) is 30.9. The number of benzene rings is 2. The van der Waals surface area contributed by atoms with Crippen molar-refractivity contribution in [2.45, 2.75) is 77.0 Å². The fourth-order valence-corrected chi connectivity index (χ4v) is 7.17. The standard InChI is InChI=1S/C37H39N7O2/c1-2-19-42(22-28-24-43(40-38-28)32-15-9-17-34-30(32)20-36(45-34)26-11-5-3-6-12-26)23-29-25-44(41-39-29)33-16-10-18-35-31(33)21-37(46-35)27-13-7-4-8-14-27/h3-8,11-14,20-21,24-25,32-33H,2,9-10,15-19,22-23H2,1H3. The van der Waals surface area contributed by atoms with Crippen LogP contribution in [0.3, 0.4) is 0 Å². The highest BCUT2D eigenvalue weighted by Crippen LogP contribution is 2.39. The monoisotopic (exact) mass is 613 g/mol. The second kappa shape index (κ2) is 12.6. The second-order valence-electron chi connectivity index (χ2n) is 12.6. The molecule has 46 heavy (non-hydrogen) atoms. The summed E-state index contributed by atoms with van der Waals surface area (Å²) in [6.45, 7) is 4.55. The summed E-state index contributed by atoms with van der Waals surface area (Å²) in [6, 6.07) is 25.3. The number of aryl methyl sites for hydroxylation is 2. The number of hydrogen-bond acceptors (Lipinski definition) is 7. The van der Waals surface area contributed by atoms with Crippen molar-refractivity contribution in [2.75, 3.05) is 6.54 Å². The normalized spacial score (nSPS) is 17.7. The Hall–Kier alpha value is -4.76. The van der Waals surface area contributed by atoms with Crippen molar-refractivity contribution in [3.8, 4) is 22.6 Å². The summed E-state index contributed by atoms with van der Waals surface area (Å²) in [4.78, 5) is 2.39. The molecule has 0 spiro atoms. The zero-order valence-corrected chi connectivity index (χ0v) is 26.3. The van der Waals surface area contributed by atoms with E-state index in [1.54, 1.807) is 0 Å². The molecule has 2 unspecified atom stereocenters. The Balaban J connectivity index is 0.968. The van der Waals surface area contributed by atoms with Crippen molar-refractivity contribution in [1.82, 2.24) is 34.9 Å². The molecule has 0 bridgehead atoms. The Labute approximate surface area is 268 Å². The predicted molar refractivity (Wildman–Crippen MR) is 175 cm³/mol. The summed E-state index contributed by atoms with van der Waals surface area (Å²) in [6.07, 6.45) is 11.4. The van der Waals surface area contributed by atoms with Gasteiger partial charge in [0.25, 0.3) is 0 Å². The molecule has 6 aromatic rings. The minimum absolute atomic E-state index is 0.136. The van der Waals surface area contributed by atoms with Crippen LogP contribution in [0.2, 0.25) is 0 Å². The van der Waals surface area contributed by atoms with Gasteiger partial charge in [-0.1, -0.05) is 78.0 Å². The summed E-state index contributed by atoms with van der Waals surface area (Å²) in [5.74, 6) is 3.99. The minimum atomic E-state index is 0.136. The van der Waals surface area contributed by atoms with Crippen LogP contribution < -0.4 is 0 Å². The van der Waals surface area contributed by atoms with Gasteiger partial charge in [0.05, 0.1) is 35.9 Å². The van der Waals surface area contributed by atoms with Crippen LogP contribution in [-0.4, -0.2) is 41.4 Å². The van der Waals surface area contributed by atoms with Crippen LogP contribution in [0.15, 0.2) is 94.0 Å². The molecule has 2 atom stereocenters. The van der Waals surface area contributed by atoms with Crippen LogP contribution in [0.1, 0.15) is 85.1 Å². The number of fused-ring (bicyclic) bond motifs is 2. The molecule has 9 nitrogen and oxygen atoms in total.